The smallest absolute Gasteiger partial charge is 0.155 e. The van der Waals surface area contributed by atoms with Gasteiger partial charge in [-0.1, -0.05) is 33.3 Å². The third-order valence-electron chi connectivity index (χ3n) is 9.32. The number of ketones is 2. The van der Waals surface area contributed by atoms with Crippen LogP contribution < -0.4 is 0 Å². The maximum atomic E-state index is 13.5. The normalized spacial score (nSPS) is 45.4. The maximum Gasteiger partial charge on any atom is 0.155 e. The first-order valence-corrected chi connectivity index (χ1v) is 10.6. The maximum absolute atomic E-state index is 13.5. The van der Waals surface area contributed by atoms with Gasteiger partial charge in [0, 0.05) is 17.3 Å². The highest BCUT2D eigenvalue weighted by Gasteiger charge is 2.64. The second-order valence-corrected chi connectivity index (χ2v) is 9.95. The first kappa shape index (κ1) is 17.5. The van der Waals surface area contributed by atoms with Gasteiger partial charge in [0.25, 0.3) is 0 Å². The molecule has 0 aliphatic heterocycles. The van der Waals surface area contributed by atoms with E-state index in [0.29, 0.717) is 29.3 Å². The Kier molecular flexibility index (Phi) is 3.87. The van der Waals surface area contributed by atoms with E-state index in [4.69, 9.17) is 0 Å². The SMILES string of the molecule is CCC1(CC)C[C@H]2[C@@H]3CCC4=CC(=O)CC[C@]4(C)[C@H]3CC[C@]2(C)C1=O. The molecule has 0 amide bonds. The predicted molar refractivity (Wildman–Crippen MR) is 100 cm³/mol. The molecule has 0 spiro atoms. The Morgan fingerprint density at radius 1 is 0.960 bits per heavy atom. The number of carbonyl (C=O) groups is 2. The molecule has 0 aromatic rings. The molecule has 0 aromatic heterocycles. The Morgan fingerprint density at radius 2 is 1.68 bits per heavy atom. The summed E-state index contributed by atoms with van der Waals surface area (Å²) in [4.78, 5) is 25.4. The minimum Gasteiger partial charge on any atom is -0.298 e. The van der Waals surface area contributed by atoms with E-state index < -0.39 is 0 Å². The summed E-state index contributed by atoms with van der Waals surface area (Å²) in [6.45, 7) is 9.15. The molecular weight excluding hydrogens is 308 g/mol. The lowest BCUT2D eigenvalue weighted by Crippen LogP contribution is -2.50. The van der Waals surface area contributed by atoms with Crippen molar-refractivity contribution >= 4 is 11.6 Å². The molecule has 4 rings (SSSR count). The fourth-order valence-corrected chi connectivity index (χ4v) is 7.52. The summed E-state index contributed by atoms with van der Waals surface area (Å²) in [5.41, 5.74) is 1.49. The van der Waals surface area contributed by atoms with Crippen LogP contribution in [0.25, 0.3) is 0 Å². The summed E-state index contributed by atoms with van der Waals surface area (Å²) in [6, 6.07) is 0. The van der Waals surface area contributed by atoms with Gasteiger partial charge in [0.2, 0.25) is 0 Å². The zero-order valence-electron chi connectivity index (χ0n) is 16.5. The van der Waals surface area contributed by atoms with Gasteiger partial charge in [0.1, 0.15) is 5.78 Å². The minimum atomic E-state index is -0.0880. The molecule has 4 aliphatic rings. The van der Waals surface area contributed by atoms with Crippen LogP contribution in [-0.4, -0.2) is 11.6 Å². The average Bonchev–Trinajstić information content (AvgIpc) is 2.84. The van der Waals surface area contributed by atoms with Crippen molar-refractivity contribution in [3.63, 3.8) is 0 Å². The average molecular weight is 343 g/mol. The minimum absolute atomic E-state index is 0.0616. The molecule has 0 saturated heterocycles. The number of carbonyl (C=O) groups excluding carboxylic acids is 2. The Labute approximate surface area is 152 Å². The van der Waals surface area contributed by atoms with Crippen LogP contribution in [0, 0.1) is 34.0 Å². The van der Waals surface area contributed by atoms with Gasteiger partial charge in [0.15, 0.2) is 5.78 Å². The standard InChI is InChI=1S/C23H34O2/c1-5-23(6-2)14-19-17-8-7-15-13-16(24)9-11-21(15,3)18(17)10-12-22(19,4)20(23)25/h13,17-19H,5-12,14H2,1-4H3/t17-,18+,19+,21+,22+/m1/s1. The molecular formula is C23H34O2. The lowest BCUT2D eigenvalue weighted by molar-refractivity contribution is -0.138. The van der Waals surface area contributed by atoms with Crippen molar-refractivity contribution in [2.24, 2.45) is 34.0 Å². The van der Waals surface area contributed by atoms with Crippen molar-refractivity contribution in [2.75, 3.05) is 0 Å². The highest BCUT2D eigenvalue weighted by Crippen LogP contribution is 2.67. The van der Waals surface area contributed by atoms with Gasteiger partial charge >= 0.3 is 0 Å². The Morgan fingerprint density at radius 3 is 2.36 bits per heavy atom. The number of rotatable bonds is 2. The van der Waals surface area contributed by atoms with E-state index in [1.165, 1.54) is 18.4 Å². The molecule has 5 atom stereocenters. The molecule has 0 aromatic carbocycles. The van der Waals surface area contributed by atoms with Crippen LogP contribution in [0.15, 0.2) is 11.6 Å². The van der Waals surface area contributed by atoms with Gasteiger partial charge < -0.3 is 0 Å². The summed E-state index contributed by atoms with van der Waals surface area (Å²) in [5.74, 6) is 2.83. The summed E-state index contributed by atoms with van der Waals surface area (Å²) in [6.07, 6.45) is 11.4. The van der Waals surface area contributed by atoms with Crippen molar-refractivity contribution in [1.82, 2.24) is 0 Å². The number of hydrogen-bond donors (Lipinski definition) is 0. The lowest BCUT2D eigenvalue weighted by atomic mass is 9.47. The van der Waals surface area contributed by atoms with Gasteiger partial charge in [-0.2, -0.15) is 0 Å². The van der Waals surface area contributed by atoms with E-state index in [1.807, 2.05) is 6.08 Å². The van der Waals surface area contributed by atoms with Crippen LogP contribution in [-0.2, 0) is 9.59 Å². The topological polar surface area (TPSA) is 34.1 Å². The Bertz CT molecular complexity index is 640. The largest absolute Gasteiger partial charge is 0.298 e. The molecule has 4 aliphatic carbocycles. The monoisotopic (exact) mass is 342 g/mol. The van der Waals surface area contributed by atoms with E-state index in [9.17, 15) is 9.59 Å². The zero-order chi connectivity index (χ0) is 18.0. The van der Waals surface area contributed by atoms with Crippen LogP contribution in [0.5, 0.6) is 0 Å². The molecule has 0 bridgehead atoms. The van der Waals surface area contributed by atoms with Crippen LogP contribution >= 0.6 is 0 Å². The predicted octanol–water partition coefficient (Wildman–Crippen LogP) is 5.50. The van der Waals surface area contributed by atoms with Gasteiger partial charge in [-0.3, -0.25) is 9.59 Å². The van der Waals surface area contributed by atoms with Crippen LogP contribution in [0.4, 0.5) is 0 Å². The molecule has 3 fully saturated rings. The van der Waals surface area contributed by atoms with Gasteiger partial charge in [-0.05, 0) is 80.6 Å². The molecule has 0 radical (unpaired) electrons. The molecule has 138 valence electrons. The Balaban J connectivity index is 1.71. The fraction of sp³-hybridized carbons (Fsp3) is 0.826. The first-order valence-electron chi connectivity index (χ1n) is 10.6. The summed E-state index contributed by atoms with van der Waals surface area (Å²) in [5, 5.41) is 0. The quantitative estimate of drug-likeness (QED) is 0.663. The Hall–Kier alpha value is -0.920. The number of Topliss-reactive ketones (excluding diaryl/α,β-unsaturated/α-hetero) is 1. The third kappa shape index (κ3) is 2.15. The fourth-order valence-electron chi connectivity index (χ4n) is 7.52. The third-order valence-corrected chi connectivity index (χ3v) is 9.32. The number of fused-ring (bicyclic) bond motifs is 5. The van der Waals surface area contributed by atoms with E-state index in [2.05, 4.69) is 27.7 Å². The first-order chi connectivity index (χ1) is 11.8. The second-order valence-electron chi connectivity index (χ2n) is 9.95. The molecule has 2 nitrogen and oxygen atoms in total. The van der Waals surface area contributed by atoms with Crippen molar-refractivity contribution in [3.05, 3.63) is 11.6 Å². The lowest BCUT2D eigenvalue weighted by Gasteiger charge is -2.56. The highest BCUT2D eigenvalue weighted by atomic mass is 16.1. The van der Waals surface area contributed by atoms with Crippen molar-refractivity contribution in [1.29, 1.82) is 0 Å². The van der Waals surface area contributed by atoms with E-state index in [0.717, 1.165) is 44.9 Å². The molecule has 3 saturated carbocycles. The van der Waals surface area contributed by atoms with Gasteiger partial charge in [-0.25, -0.2) is 0 Å². The van der Waals surface area contributed by atoms with Crippen LogP contribution in [0.3, 0.4) is 0 Å². The molecule has 0 N–H and O–H groups in total. The number of allylic oxidation sites excluding steroid dienone is 1. The van der Waals surface area contributed by atoms with Gasteiger partial charge in [-0.15, -0.1) is 0 Å². The zero-order valence-corrected chi connectivity index (χ0v) is 16.5. The summed E-state index contributed by atoms with van der Waals surface area (Å²) >= 11 is 0. The van der Waals surface area contributed by atoms with Crippen molar-refractivity contribution in [2.45, 2.75) is 85.5 Å². The molecule has 25 heavy (non-hydrogen) atoms. The molecule has 0 unspecified atom stereocenters. The van der Waals surface area contributed by atoms with Crippen LogP contribution in [0.1, 0.15) is 85.5 Å². The van der Waals surface area contributed by atoms with E-state index in [-0.39, 0.29) is 16.2 Å². The van der Waals surface area contributed by atoms with Gasteiger partial charge in [0.05, 0.1) is 0 Å². The summed E-state index contributed by atoms with van der Waals surface area (Å²) in [7, 11) is 0. The number of hydrogen-bond acceptors (Lipinski definition) is 2. The second kappa shape index (κ2) is 5.54. The van der Waals surface area contributed by atoms with Crippen molar-refractivity contribution in [3.8, 4) is 0 Å². The van der Waals surface area contributed by atoms with E-state index in [1.54, 1.807) is 0 Å². The molecule has 2 heteroatoms. The molecule has 0 heterocycles. The highest BCUT2D eigenvalue weighted by molar-refractivity contribution is 5.93. The van der Waals surface area contributed by atoms with Crippen molar-refractivity contribution < 1.29 is 9.59 Å². The summed E-state index contributed by atoms with van der Waals surface area (Å²) < 4.78 is 0. The van der Waals surface area contributed by atoms with Crippen LogP contribution in [0.2, 0.25) is 0 Å². The van der Waals surface area contributed by atoms with E-state index >= 15 is 0 Å².